The van der Waals surface area contributed by atoms with Crippen LogP contribution in [0, 0.1) is 5.92 Å². The first-order chi connectivity index (χ1) is 7.61. The van der Waals surface area contributed by atoms with Gasteiger partial charge in [-0.3, -0.25) is 0 Å². The number of carboxylic acids is 1. The highest BCUT2D eigenvalue weighted by molar-refractivity contribution is 6.67. The van der Waals surface area contributed by atoms with Crippen molar-refractivity contribution in [3.63, 3.8) is 0 Å². The summed E-state index contributed by atoms with van der Waals surface area (Å²) in [6.07, 6.45) is -0.637. The van der Waals surface area contributed by atoms with Crippen LogP contribution in [0.3, 0.4) is 0 Å². The van der Waals surface area contributed by atoms with Crippen molar-refractivity contribution in [3.8, 4) is 0 Å². The molecule has 17 heavy (non-hydrogen) atoms. The van der Waals surface area contributed by atoms with E-state index in [9.17, 15) is 9.59 Å². The van der Waals surface area contributed by atoms with Gasteiger partial charge in [0.25, 0.3) is 0 Å². The Labute approximate surface area is 114 Å². The van der Waals surface area contributed by atoms with Crippen LogP contribution in [0.15, 0.2) is 0 Å². The van der Waals surface area contributed by atoms with Crippen LogP contribution in [0.25, 0.3) is 0 Å². The van der Waals surface area contributed by atoms with Gasteiger partial charge in [0, 0.05) is 0 Å². The number of aliphatic carboxylic acids is 1. The monoisotopic (exact) mass is 305 g/mol. The Morgan fingerprint density at radius 1 is 1.35 bits per heavy atom. The third-order valence-corrected chi connectivity index (χ3v) is 1.99. The molecule has 0 aliphatic heterocycles. The number of alkyl halides is 3. The molecule has 0 saturated heterocycles. The first-order valence-electron chi connectivity index (χ1n) is 4.84. The van der Waals surface area contributed by atoms with E-state index < -0.39 is 28.5 Å². The van der Waals surface area contributed by atoms with E-state index in [0.29, 0.717) is 0 Å². The number of ether oxygens (including phenoxy) is 1. The molecule has 5 nitrogen and oxygen atoms in total. The first kappa shape index (κ1) is 16.6. The fourth-order valence-electron chi connectivity index (χ4n) is 1.02. The number of carbonyl (C=O) groups excluding carboxylic acids is 1. The van der Waals surface area contributed by atoms with Gasteiger partial charge in [-0.15, -0.1) is 0 Å². The third-order valence-electron chi connectivity index (χ3n) is 1.66. The third kappa shape index (κ3) is 9.32. The smallest absolute Gasteiger partial charge is 0.407 e. The molecule has 2 N–H and O–H groups in total. The van der Waals surface area contributed by atoms with Gasteiger partial charge >= 0.3 is 12.1 Å². The number of alkyl carbamates (subject to hydrolysis) is 1. The molecule has 0 aromatic heterocycles. The zero-order valence-electron chi connectivity index (χ0n) is 9.37. The molecule has 0 unspecified atom stereocenters. The van der Waals surface area contributed by atoms with Gasteiger partial charge in [-0.25, -0.2) is 9.59 Å². The van der Waals surface area contributed by atoms with Crippen LogP contribution in [-0.2, 0) is 9.53 Å². The Kier molecular flexibility index (Phi) is 6.97. The molecule has 0 saturated carbocycles. The Bertz CT molecular complexity index is 278. The van der Waals surface area contributed by atoms with E-state index in [4.69, 9.17) is 39.9 Å². The summed E-state index contributed by atoms with van der Waals surface area (Å²) < 4.78 is 2.85. The van der Waals surface area contributed by atoms with E-state index in [1.54, 1.807) is 0 Å². The molecule has 100 valence electrons. The molecular formula is C9H14Cl3NO4. The van der Waals surface area contributed by atoms with Crippen molar-refractivity contribution in [3.05, 3.63) is 0 Å². The van der Waals surface area contributed by atoms with Crippen molar-refractivity contribution in [1.29, 1.82) is 0 Å². The first-order valence-corrected chi connectivity index (χ1v) is 5.98. The lowest BCUT2D eigenvalue weighted by Gasteiger charge is -2.17. The summed E-state index contributed by atoms with van der Waals surface area (Å²) in [5.74, 6) is -1.02. The van der Waals surface area contributed by atoms with Crippen molar-refractivity contribution in [2.24, 2.45) is 5.92 Å². The molecule has 0 aliphatic carbocycles. The van der Waals surface area contributed by atoms with Gasteiger partial charge in [0.1, 0.15) is 12.6 Å². The van der Waals surface area contributed by atoms with Gasteiger partial charge < -0.3 is 15.2 Å². The topological polar surface area (TPSA) is 75.6 Å². The number of rotatable bonds is 5. The molecule has 0 heterocycles. The van der Waals surface area contributed by atoms with Crippen LogP contribution in [0.5, 0.6) is 0 Å². The molecule has 0 spiro atoms. The van der Waals surface area contributed by atoms with E-state index in [1.807, 2.05) is 13.8 Å². The number of carboxylic acid groups (broad SMARTS) is 1. The van der Waals surface area contributed by atoms with Crippen molar-refractivity contribution in [1.82, 2.24) is 5.32 Å². The highest BCUT2D eigenvalue weighted by Crippen LogP contribution is 2.25. The lowest BCUT2D eigenvalue weighted by atomic mass is 10.0. The van der Waals surface area contributed by atoms with Gasteiger partial charge in [0.15, 0.2) is 0 Å². The highest BCUT2D eigenvalue weighted by atomic mass is 35.6. The molecule has 0 fully saturated rings. The minimum atomic E-state index is -1.71. The molecule has 0 radical (unpaired) electrons. The second-order valence-electron chi connectivity index (χ2n) is 3.86. The van der Waals surface area contributed by atoms with Crippen molar-refractivity contribution < 1.29 is 19.4 Å². The lowest BCUT2D eigenvalue weighted by molar-refractivity contribution is -0.139. The van der Waals surface area contributed by atoms with E-state index in [-0.39, 0.29) is 12.3 Å². The minimum absolute atomic E-state index is 0.115. The molecular weight excluding hydrogens is 292 g/mol. The average molecular weight is 307 g/mol. The van der Waals surface area contributed by atoms with E-state index in [0.717, 1.165) is 0 Å². The second kappa shape index (κ2) is 7.13. The Morgan fingerprint density at radius 2 is 1.88 bits per heavy atom. The zero-order valence-corrected chi connectivity index (χ0v) is 11.6. The van der Waals surface area contributed by atoms with Gasteiger partial charge in [0.05, 0.1) is 0 Å². The number of hydrogen-bond acceptors (Lipinski definition) is 3. The quantitative estimate of drug-likeness (QED) is 0.766. The van der Waals surface area contributed by atoms with E-state index in [2.05, 4.69) is 10.1 Å². The van der Waals surface area contributed by atoms with Gasteiger partial charge in [-0.1, -0.05) is 48.7 Å². The predicted molar refractivity (Wildman–Crippen MR) is 65.7 cm³/mol. The van der Waals surface area contributed by atoms with Crippen molar-refractivity contribution >= 4 is 46.9 Å². The fraction of sp³-hybridized carbons (Fsp3) is 0.778. The van der Waals surface area contributed by atoms with Crippen LogP contribution in [0.2, 0.25) is 0 Å². The van der Waals surface area contributed by atoms with Crippen molar-refractivity contribution in [2.45, 2.75) is 30.1 Å². The van der Waals surface area contributed by atoms with Crippen LogP contribution in [-0.4, -0.2) is 33.6 Å². The standard InChI is InChI=1S/C9H14Cl3NO4/c1-5(2)3-6(7(14)15)13-8(16)17-4-9(10,11)12/h5-6H,3-4H2,1-2H3,(H,13,16)(H,14,15)/t6-/m0/s1. The SMILES string of the molecule is CC(C)C[C@H](NC(=O)OCC(Cl)(Cl)Cl)C(=O)O. The van der Waals surface area contributed by atoms with Gasteiger partial charge in [-0.2, -0.15) is 0 Å². The Balaban J connectivity index is 4.18. The maximum absolute atomic E-state index is 11.2. The van der Waals surface area contributed by atoms with Crippen LogP contribution in [0.4, 0.5) is 4.79 Å². The summed E-state index contributed by atoms with van der Waals surface area (Å²) in [7, 11) is 0. The summed E-state index contributed by atoms with van der Waals surface area (Å²) in [4.78, 5) is 22.0. The highest BCUT2D eigenvalue weighted by Gasteiger charge is 2.25. The molecule has 0 bridgehead atoms. The number of halogens is 3. The molecule has 0 aromatic rings. The summed E-state index contributed by atoms with van der Waals surface area (Å²) in [6, 6.07) is -1.02. The maximum atomic E-state index is 11.2. The summed E-state index contributed by atoms with van der Waals surface area (Å²) >= 11 is 16.1. The second-order valence-corrected chi connectivity index (χ2v) is 6.37. The number of nitrogens with one attached hydrogen (secondary N) is 1. The van der Waals surface area contributed by atoms with Crippen LogP contribution >= 0.6 is 34.8 Å². The van der Waals surface area contributed by atoms with Crippen LogP contribution < -0.4 is 5.32 Å². The van der Waals surface area contributed by atoms with Crippen LogP contribution in [0.1, 0.15) is 20.3 Å². The molecule has 0 aliphatic rings. The van der Waals surface area contributed by atoms with Gasteiger partial charge in [0.2, 0.25) is 3.79 Å². The maximum Gasteiger partial charge on any atom is 0.407 e. The summed E-state index contributed by atoms with van der Waals surface area (Å²) in [6.45, 7) is 3.23. The molecule has 1 amide bonds. The predicted octanol–water partition coefficient (Wildman–Crippen LogP) is 2.58. The Morgan fingerprint density at radius 3 is 2.24 bits per heavy atom. The fourth-order valence-corrected chi connectivity index (χ4v) is 1.19. The largest absolute Gasteiger partial charge is 0.480 e. The van der Waals surface area contributed by atoms with Gasteiger partial charge in [-0.05, 0) is 12.3 Å². The molecule has 8 heteroatoms. The molecule has 0 aromatic carbocycles. The van der Waals surface area contributed by atoms with E-state index >= 15 is 0 Å². The van der Waals surface area contributed by atoms with Crippen molar-refractivity contribution in [2.75, 3.05) is 6.61 Å². The number of amides is 1. The zero-order chi connectivity index (χ0) is 13.6. The number of hydrogen-bond donors (Lipinski definition) is 2. The van der Waals surface area contributed by atoms with E-state index in [1.165, 1.54) is 0 Å². The molecule has 1 atom stereocenters. The molecule has 0 rings (SSSR count). The number of carbonyl (C=O) groups is 2. The summed E-state index contributed by atoms with van der Waals surface area (Å²) in [5, 5.41) is 11.0. The normalized spacial score (nSPS) is 13.3. The minimum Gasteiger partial charge on any atom is -0.480 e. The average Bonchev–Trinajstić information content (AvgIpc) is 2.11. The Hall–Kier alpha value is -0.390. The summed E-state index contributed by atoms with van der Waals surface area (Å²) in [5.41, 5.74) is 0. The lowest BCUT2D eigenvalue weighted by Crippen LogP contribution is -2.42.